The monoisotopic (exact) mass is 344 g/mol. The molecule has 1 saturated heterocycles. The molecular weight excluding hydrogens is 324 g/mol. The zero-order valence-electron chi connectivity index (χ0n) is 13.5. The second-order valence-electron chi connectivity index (χ2n) is 6.57. The first-order valence-corrected chi connectivity index (χ1v) is 8.54. The number of aliphatic carboxylic acids is 1. The minimum atomic E-state index is -0.759. The molecule has 1 fully saturated rings. The topological polar surface area (TPSA) is 53.4 Å². The number of carbonyl (C=O) groups is 1. The fourth-order valence-electron chi connectivity index (χ4n) is 3.54. The Bertz CT molecular complexity index is 708. The number of nitrogens with zero attached hydrogens (tertiary/aromatic N) is 2. The number of benzene rings is 1. The number of pyridine rings is 1. The third-order valence-corrected chi connectivity index (χ3v) is 4.91. The van der Waals surface area contributed by atoms with Crippen LogP contribution in [-0.2, 0) is 17.8 Å². The van der Waals surface area contributed by atoms with Crippen molar-refractivity contribution in [3.05, 3.63) is 64.9 Å². The Morgan fingerprint density at radius 2 is 2.12 bits per heavy atom. The third-order valence-electron chi connectivity index (χ3n) is 4.67. The van der Waals surface area contributed by atoms with E-state index in [1.165, 1.54) is 0 Å². The van der Waals surface area contributed by atoms with Gasteiger partial charge in [-0.3, -0.25) is 14.7 Å². The Kier molecular flexibility index (Phi) is 5.17. The first-order chi connectivity index (χ1) is 11.6. The highest BCUT2D eigenvalue weighted by Gasteiger charge is 2.42. The van der Waals surface area contributed by atoms with Gasteiger partial charge in [0.2, 0.25) is 0 Å². The van der Waals surface area contributed by atoms with Crippen molar-refractivity contribution in [3.63, 3.8) is 0 Å². The minimum Gasteiger partial charge on any atom is -0.481 e. The molecule has 5 heteroatoms. The summed E-state index contributed by atoms with van der Waals surface area (Å²) in [4.78, 5) is 18.5. The number of piperidine rings is 1. The second-order valence-corrected chi connectivity index (χ2v) is 7.00. The molecule has 0 radical (unpaired) electrons. The van der Waals surface area contributed by atoms with E-state index in [1.54, 1.807) is 6.20 Å². The lowest BCUT2D eigenvalue weighted by Gasteiger charge is -2.40. The molecule has 2 heterocycles. The van der Waals surface area contributed by atoms with Crippen molar-refractivity contribution in [2.45, 2.75) is 25.8 Å². The predicted octanol–water partition coefficient (Wildman–Crippen LogP) is 3.64. The smallest absolute Gasteiger partial charge is 0.311 e. The molecule has 1 N–H and O–H groups in total. The van der Waals surface area contributed by atoms with E-state index in [0.717, 1.165) is 30.6 Å². The summed E-state index contributed by atoms with van der Waals surface area (Å²) in [5.74, 6) is -0.724. The van der Waals surface area contributed by atoms with Crippen molar-refractivity contribution < 1.29 is 9.90 Å². The van der Waals surface area contributed by atoms with Crippen LogP contribution in [0.3, 0.4) is 0 Å². The van der Waals surface area contributed by atoms with Gasteiger partial charge in [-0.05, 0) is 55.1 Å². The summed E-state index contributed by atoms with van der Waals surface area (Å²) in [5, 5.41) is 10.6. The lowest BCUT2D eigenvalue weighted by molar-refractivity contribution is -0.152. The molecule has 24 heavy (non-hydrogen) atoms. The molecule has 1 aliphatic rings. The number of likely N-dealkylation sites (tertiary alicyclic amines) is 1. The summed E-state index contributed by atoms with van der Waals surface area (Å²) in [6.45, 7) is 2.20. The SMILES string of the molecule is O=C(O)C1(Cc2cccc(Cl)c2)CCCN(Cc2cccnc2)C1. The summed E-state index contributed by atoms with van der Waals surface area (Å²) in [5.41, 5.74) is 1.33. The molecule has 0 amide bonds. The molecule has 1 aromatic carbocycles. The first kappa shape index (κ1) is 16.9. The molecule has 0 saturated carbocycles. The largest absolute Gasteiger partial charge is 0.481 e. The van der Waals surface area contributed by atoms with E-state index in [-0.39, 0.29) is 0 Å². The predicted molar refractivity (Wildman–Crippen MR) is 94.0 cm³/mol. The Balaban J connectivity index is 1.77. The first-order valence-electron chi connectivity index (χ1n) is 8.16. The maximum atomic E-state index is 12.1. The van der Waals surface area contributed by atoms with Crippen LogP contribution >= 0.6 is 11.6 Å². The van der Waals surface area contributed by atoms with Gasteiger partial charge in [-0.15, -0.1) is 0 Å². The normalized spacial score (nSPS) is 21.5. The van der Waals surface area contributed by atoms with Gasteiger partial charge in [-0.1, -0.05) is 29.8 Å². The fraction of sp³-hybridized carbons (Fsp3) is 0.368. The fourth-order valence-corrected chi connectivity index (χ4v) is 3.76. The van der Waals surface area contributed by atoms with Crippen LogP contribution in [0.5, 0.6) is 0 Å². The highest BCUT2D eigenvalue weighted by Crippen LogP contribution is 2.35. The van der Waals surface area contributed by atoms with Crippen molar-refractivity contribution in [1.29, 1.82) is 0 Å². The van der Waals surface area contributed by atoms with Crippen LogP contribution in [0.4, 0.5) is 0 Å². The molecule has 1 unspecified atom stereocenters. The van der Waals surface area contributed by atoms with Crippen LogP contribution in [0.2, 0.25) is 5.02 Å². The van der Waals surface area contributed by atoms with E-state index in [2.05, 4.69) is 9.88 Å². The van der Waals surface area contributed by atoms with Crippen molar-refractivity contribution in [3.8, 4) is 0 Å². The van der Waals surface area contributed by atoms with Crippen LogP contribution in [-0.4, -0.2) is 34.0 Å². The summed E-state index contributed by atoms with van der Waals surface area (Å²) < 4.78 is 0. The van der Waals surface area contributed by atoms with E-state index in [4.69, 9.17) is 11.6 Å². The molecule has 0 aliphatic carbocycles. The maximum absolute atomic E-state index is 12.1. The van der Waals surface area contributed by atoms with E-state index in [0.29, 0.717) is 24.4 Å². The lowest BCUT2D eigenvalue weighted by Crippen LogP contribution is -2.48. The van der Waals surface area contributed by atoms with E-state index in [1.807, 2.05) is 42.6 Å². The number of rotatable bonds is 5. The van der Waals surface area contributed by atoms with Crippen LogP contribution in [0.15, 0.2) is 48.8 Å². The number of carboxylic acid groups (broad SMARTS) is 1. The summed E-state index contributed by atoms with van der Waals surface area (Å²) in [6, 6.07) is 11.5. The number of hydrogen-bond acceptors (Lipinski definition) is 3. The lowest BCUT2D eigenvalue weighted by atomic mass is 9.75. The average Bonchev–Trinajstić information content (AvgIpc) is 2.56. The second kappa shape index (κ2) is 7.32. The quantitative estimate of drug-likeness (QED) is 0.899. The van der Waals surface area contributed by atoms with Gasteiger partial charge in [0.1, 0.15) is 0 Å². The van der Waals surface area contributed by atoms with E-state index < -0.39 is 11.4 Å². The number of aromatic nitrogens is 1. The van der Waals surface area contributed by atoms with Crippen LogP contribution < -0.4 is 0 Å². The number of carboxylic acids is 1. The summed E-state index contributed by atoms with van der Waals surface area (Å²) in [6.07, 6.45) is 5.67. The molecule has 1 aliphatic heterocycles. The summed E-state index contributed by atoms with van der Waals surface area (Å²) in [7, 11) is 0. The van der Waals surface area contributed by atoms with E-state index in [9.17, 15) is 9.90 Å². The Morgan fingerprint density at radius 1 is 1.29 bits per heavy atom. The van der Waals surface area contributed by atoms with Crippen molar-refractivity contribution >= 4 is 17.6 Å². The number of halogens is 1. The molecule has 1 atom stereocenters. The zero-order chi connectivity index (χ0) is 17.0. The standard InChI is InChI=1S/C19H21ClN2O2/c20-17-6-1-4-15(10-17)11-19(18(23)24)7-3-9-22(14-19)13-16-5-2-8-21-12-16/h1-2,4-6,8,10,12H,3,7,9,11,13-14H2,(H,23,24). The maximum Gasteiger partial charge on any atom is 0.311 e. The average molecular weight is 345 g/mol. The van der Waals surface area contributed by atoms with E-state index >= 15 is 0 Å². The molecule has 2 aromatic rings. The Hall–Kier alpha value is -1.91. The van der Waals surface area contributed by atoms with Gasteiger partial charge < -0.3 is 5.11 Å². The van der Waals surface area contributed by atoms with Crippen LogP contribution in [0.25, 0.3) is 0 Å². The molecule has 0 bridgehead atoms. The molecular formula is C19H21ClN2O2. The van der Waals surface area contributed by atoms with Gasteiger partial charge in [0.25, 0.3) is 0 Å². The number of hydrogen-bond donors (Lipinski definition) is 1. The highest BCUT2D eigenvalue weighted by molar-refractivity contribution is 6.30. The van der Waals surface area contributed by atoms with Crippen molar-refractivity contribution in [1.82, 2.24) is 9.88 Å². The molecule has 0 spiro atoms. The molecule has 1 aromatic heterocycles. The van der Waals surface area contributed by atoms with Gasteiger partial charge in [-0.2, -0.15) is 0 Å². The van der Waals surface area contributed by atoms with Gasteiger partial charge in [0.15, 0.2) is 0 Å². The Morgan fingerprint density at radius 3 is 2.83 bits per heavy atom. The molecule has 126 valence electrons. The zero-order valence-corrected chi connectivity index (χ0v) is 14.2. The van der Waals surface area contributed by atoms with Gasteiger partial charge in [-0.25, -0.2) is 0 Å². The molecule has 4 nitrogen and oxygen atoms in total. The molecule has 3 rings (SSSR count). The highest BCUT2D eigenvalue weighted by atomic mass is 35.5. The minimum absolute atomic E-state index is 0.506. The third kappa shape index (κ3) is 3.94. The summed E-state index contributed by atoms with van der Waals surface area (Å²) >= 11 is 6.06. The van der Waals surface area contributed by atoms with Crippen molar-refractivity contribution in [2.75, 3.05) is 13.1 Å². The Labute approximate surface area is 147 Å². The van der Waals surface area contributed by atoms with Crippen LogP contribution in [0.1, 0.15) is 24.0 Å². The van der Waals surface area contributed by atoms with Crippen LogP contribution in [0, 0.1) is 5.41 Å². The van der Waals surface area contributed by atoms with Gasteiger partial charge in [0, 0.05) is 30.5 Å². The van der Waals surface area contributed by atoms with Gasteiger partial charge in [0.05, 0.1) is 5.41 Å². The van der Waals surface area contributed by atoms with Crippen molar-refractivity contribution in [2.24, 2.45) is 5.41 Å². The van der Waals surface area contributed by atoms with Gasteiger partial charge >= 0.3 is 5.97 Å².